The first-order valence-corrected chi connectivity index (χ1v) is 9.62. The van der Waals surface area contributed by atoms with E-state index in [1.807, 2.05) is 24.3 Å². The highest BCUT2D eigenvalue weighted by Crippen LogP contribution is 2.30. The number of halogens is 2. The predicted octanol–water partition coefficient (Wildman–Crippen LogP) is 4.12. The van der Waals surface area contributed by atoms with Crippen molar-refractivity contribution in [3.05, 3.63) is 54.4 Å². The van der Waals surface area contributed by atoms with E-state index in [2.05, 4.69) is 25.5 Å². The van der Waals surface area contributed by atoms with Gasteiger partial charge in [0, 0.05) is 49.6 Å². The van der Waals surface area contributed by atoms with Crippen molar-refractivity contribution in [2.45, 2.75) is 18.8 Å². The SMILES string of the molecule is O=C(c1cccc2cc(Nc3n[nH]c4nccnc34)ccc12)N1CCC(F)(F)CC1. The van der Waals surface area contributed by atoms with E-state index in [1.54, 1.807) is 24.5 Å². The molecule has 5 rings (SSSR count). The van der Waals surface area contributed by atoms with Crippen LogP contribution in [0.2, 0.25) is 0 Å². The van der Waals surface area contributed by atoms with Crippen molar-refractivity contribution < 1.29 is 13.6 Å². The van der Waals surface area contributed by atoms with Gasteiger partial charge in [-0.15, -0.1) is 0 Å². The van der Waals surface area contributed by atoms with Crippen molar-refractivity contribution in [2.75, 3.05) is 18.4 Å². The Morgan fingerprint density at radius 2 is 1.90 bits per heavy atom. The Kier molecular flexibility index (Phi) is 4.30. The molecule has 0 aliphatic carbocycles. The van der Waals surface area contributed by atoms with E-state index in [1.165, 1.54) is 4.90 Å². The number of carbonyl (C=O) groups excluding carboxylic acids is 1. The zero-order chi connectivity index (χ0) is 20.7. The maximum absolute atomic E-state index is 13.4. The number of fused-ring (bicyclic) bond motifs is 2. The number of H-pyrrole nitrogens is 1. The third-order valence-electron chi connectivity index (χ3n) is 5.35. The van der Waals surface area contributed by atoms with Gasteiger partial charge < -0.3 is 10.2 Å². The lowest BCUT2D eigenvalue weighted by atomic mass is 10.0. The fourth-order valence-corrected chi connectivity index (χ4v) is 3.73. The van der Waals surface area contributed by atoms with Crippen LogP contribution in [-0.4, -0.2) is 50.0 Å². The van der Waals surface area contributed by atoms with E-state index < -0.39 is 5.92 Å². The van der Waals surface area contributed by atoms with Gasteiger partial charge in [-0.2, -0.15) is 5.10 Å². The molecule has 1 amide bonds. The quantitative estimate of drug-likeness (QED) is 0.533. The van der Waals surface area contributed by atoms with Crippen molar-refractivity contribution in [3.63, 3.8) is 0 Å². The minimum Gasteiger partial charge on any atom is -0.338 e. The fourth-order valence-electron chi connectivity index (χ4n) is 3.73. The molecule has 0 saturated carbocycles. The number of amides is 1. The lowest BCUT2D eigenvalue weighted by Gasteiger charge is -2.32. The molecule has 1 aliphatic rings. The van der Waals surface area contributed by atoms with Crippen LogP contribution in [-0.2, 0) is 0 Å². The van der Waals surface area contributed by atoms with Gasteiger partial charge in [0.15, 0.2) is 17.0 Å². The zero-order valence-corrected chi connectivity index (χ0v) is 15.9. The second-order valence-electron chi connectivity index (χ2n) is 7.34. The highest BCUT2D eigenvalue weighted by atomic mass is 19.3. The third kappa shape index (κ3) is 3.32. The van der Waals surface area contributed by atoms with Crippen molar-refractivity contribution in [1.82, 2.24) is 25.1 Å². The first-order valence-electron chi connectivity index (χ1n) is 9.62. The van der Waals surface area contributed by atoms with Crippen LogP contribution in [0.1, 0.15) is 23.2 Å². The Bertz CT molecular complexity index is 1240. The van der Waals surface area contributed by atoms with E-state index in [-0.39, 0.29) is 31.8 Å². The van der Waals surface area contributed by atoms with Gasteiger partial charge in [-0.1, -0.05) is 18.2 Å². The molecule has 0 bridgehead atoms. The van der Waals surface area contributed by atoms with Crippen molar-refractivity contribution in [1.29, 1.82) is 0 Å². The molecule has 2 aromatic heterocycles. The second-order valence-corrected chi connectivity index (χ2v) is 7.34. The van der Waals surface area contributed by atoms with Gasteiger partial charge >= 0.3 is 0 Å². The summed E-state index contributed by atoms with van der Waals surface area (Å²) in [4.78, 5) is 22.9. The number of nitrogens with zero attached hydrogens (tertiary/aromatic N) is 4. The molecular formula is C21H18F2N6O. The number of alkyl halides is 2. The van der Waals surface area contributed by atoms with Crippen LogP contribution in [0, 0.1) is 0 Å². The van der Waals surface area contributed by atoms with Gasteiger partial charge in [0.2, 0.25) is 0 Å². The van der Waals surface area contributed by atoms with Crippen LogP contribution in [0.5, 0.6) is 0 Å². The van der Waals surface area contributed by atoms with Gasteiger partial charge in [-0.05, 0) is 29.0 Å². The first-order chi connectivity index (χ1) is 14.5. The monoisotopic (exact) mass is 408 g/mol. The molecule has 0 atom stereocenters. The highest BCUT2D eigenvalue weighted by molar-refractivity contribution is 6.07. The molecule has 30 heavy (non-hydrogen) atoms. The largest absolute Gasteiger partial charge is 0.338 e. The Hall–Kier alpha value is -3.62. The van der Waals surface area contributed by atoms with Crippen LogP contribution >= 0.6 is 0 Å². The molecule has 2 N–H and O–H groups in total. The molecule has 2 aromatic carbocycles. The topological polar surface area (TPSA) is 86.8 Å². The van der Waals surface area contributed by atoms with Gasteiger partial charge in [0.1, 0.15) is 0 Å². The Morgan fingerprint density at radius 3 is 2.73 bits per heavy atom. The number of hydrogen-bond donors (Lipinski definition) is 2. The molecule has 4 aromatic rings. The van der Waals surface area contributed by atoms with Crippen molar-refractivity contribution in [2.24, 2.45) is 0 Å². The maximum atomic E-state index is 13.4. The van der Waals surface area contributed by atoms with E-state index in [0.717, 1.165) is 16.5 Å². The van der Waals surface area contributed by atoms with E-state index in [4.69, 9.17) is 0 Å². The molecular weight excluding hydrogens is 390 g/mol. The van der Waals surface area contributed by atoms with Crippen LogP contribution in [0.4, 0.5) is 20.3 Å². The molecule has 1 aliphatic heterocycles. The van der Waals surface area contributed by atoms with Crippen molar-refractivity contribution in [3.8, 4) is 0 Å². The summed E-state index contributed by atoms with van der Waals surface area (Å²) in [5, 5.41) is 11.9. The summed E-state index contributed by atoms with van der Waals surface area (Å²) >= 11 is 0. The minimum absolute atomic E-state index is 0.0646. The molecule has 9 heteroatoms. The number of aromatic nitrogens is 4. The molecule has 3 heterocycles. The van der Waals surface area contributed by atoms with Crippen LogP contribution < -0.4 is 5.32 Å². The summed E-state index contributed by atoms with van der Waals surface area (Å²) in [7, 11) is 0. The normalized spacial score (nSPS) is 16.1. The minimum atomic E-state index is -2.68. The molecule has 0 radical (unpaired) electrons. The second kappa shape index (κ2) is 7.01. The number of carbonyl (C=O) groups is 1. The summed E-state index contributed by atoms with van der Waals surface area (Å²) in [6, 6.07) is 11.1. The fraction of sp³-hybridized carbons (Fsp3) is 0.238. The van der Waals surface area contributed by atoms with Gasteiger partial charge in [-0.25, -0.2) is 18.7 Å². The van der Waals surface area contributed by atoms with Gasteiger partial charge in [-0.3, -0.25) is 9.89 Å². The van der Waals surface area contributed by atoms with E-state index in [9.17, 15) is 13.6 Å². The average molecular weight is 408 g/mol. The van der Waals surface area contributed by atoms with Crippen LogP contribution in [0.3, 0.4) is 0 Å². The number of piperidine rings is 1. The van der Waals surface area contributed by atoms with E-state index in [0.29, 0.717) is 22.5 Å². The highest BCUT2D eigenvalue weighted by Gasteiger charge is 2.36. The summed E-state index contributed by atoms with van der Waals surface area (Å²) in [6.45, 7) is 0.129. The number of benzene rings is 2. The Morgan fingerprint density at radius 1 is 1.10 bits per heavy atom. The first kappa shape index (κ1) is 18.4. The van der Waals surface area contributed by atoms with E-state index >= 15 is 0 Å². The van der Waals surface area contributed by atoms with Crippen molar-refractivity contribution >= 4 is 39.3 Å². The molecule has 0 unspecified atom stereocenters. The molecule has 7 nitrogen and oxygen atoms in total. The van der Waals surface area contributed by atoms with Crippen LogP contribution in [0.15, 0.2) is 48.8 Å². The number of rotatable bonds is 3. The number of aromatic amines is 1. The third-order valence-corrected chi connectivity index (χ3v) is 5.35. The lowest BCUT2D eigenvalue weighted by molar-refractivity contribution is -0.0493. The number of likely N-dealkylation sites (tertiary alicyclic amines) is 1. The van der Waals surface area contributed by atoms with Gasteiger partial charge in [0.25, 0.3) is 11.8 Å². The smallest absolute Gasteiger partial charge is 0.254 e. The van der Waals surface area contributed by atoms with Crippen LogP contribution in [0.25, 0.3) is 21.9 Å². The molecule has 152 valence electrons. The summed E-state index contributed by atoms with van der Waals surface area (Å²) in [5.74, 6) is -2.35. The Labute approximate surface area is 170 Å². The average Bonchev–Trinajstić information content (AvgIpc) is 3.15. The lowest BCUT2D eigenvalue weighted by Crippen LogP contribution is -2.42. The summed E-state index contributed by atoms with van der Waals surface area (Å²) in [5.41, 5.74) is 2.51. The number of hydrogen-bond acceptors (Lipinski definition) is 5. The molecule has 1 fully saturated rings. The zero-order valence-electron chi connectivity index (χ0n) is 15.9. The summed E-state index contributed by atoms with van der Waals surface area (Å²) in [6.07, 6.45) is 2.59. The standard InChI is InChI=1S/C21H18F2N6O/c22-21(23)6-10-29(11-7-21)20(30)16-3-1-2-13-12-14(4-5-15(13)16)26-19-17-18(27-28-19)25-9-8-24-17/h1-5,8-9,12H,6-7,10-11H2,(H2,25,26,27,28). The predicted molar refractivity (Wildman–Crippen MR) is 109 cm³/mol. The molecule has 0 spiro atoms. The maximum Gasteiger partial charge on any atom is 0.254 e. The molecule has 1 saturated heterocycles. The summed E-state index contributed by atoms with van der Waals surface area (Å²) < 4.78 is 26.9. The van der Waals surface area contributed by atoms with Gasteiger partial charge in [0.05, 0.1) is 0 Å². The Balaban J connectivity index is 1.43. The number of anilines is 2. The number of nitrogens with one attached hydrogen (secondary N) is 2.